The molecule has 1 atom stereocenters. The van der Waals surface area contributed by atoms with Crippen molar-refractivity contribution in [2.45, 2.75) is 19.3 Å². The summed E-state index contributed by atoms with van der Waals surface area (Å²) in [5.74, 6) is 0.136. The Morgan fingerprint density at radius 1 is 1.56 bits per heavy atom. The van der Waals surface area contributed by atoms with Crippen molar-refractivity contribution in [1.29, 1.82) is 0 Å². The van der Waals surface area contributed by atoms with Gasteiger partial charge in [-0.15, -0.1) is 0 Å². The fourth-order valence-electron chi connectivity index (χ4n) is 2.40. The molecule has 1 aromatic carbocycles. The molecule has 0 amide bonds. The van der Waals surface area contributed by atoms with Crippen molar-refractivity contribution >= 4 is 11.7 Å². The zero-order valence-corrected chi connectivity index (χ0v) is 10.6. The van der Waals surface area contributed by atoms with Gasteiger partial charge in [-0.3, -0.25) is 4.79 Å². The molecule has 3 nitrogen and oxygen atoms in total. The molecule has 0 bridgehead atoms. The molecule has 0 saturated carbocycles. The van der Waals surface area contributed by atoms with Gasteiger partial charge in [0.2, 0.25) is 0 Å². The molecular weight excluding hydrogens is 233 g/mol. The van der Waals surface area contributed by atoms with E-state index in [9.17, 15) is 9.18 Å². The molecule has 1 aliphatic rings. The molecule has 4 heteroatoms. The van der Waals surface area contributed by atoms with Crippen molar-refractivity contribution in [3.8, 4) is 0 Å². The second-order valence-electron chi connectivity index (χ2n) is 4.70. The van der Waals surface area contributed by atoms with E-state index < -0.39 is 0 Å². The Labute approximate surface area is 107 Å². The van der Waals surface area contributed by atoms with E-state index in [0.29, 0.717) is 12.3 Å². The van der Waals surface area contributed by atoms with E-state index in [1.807, 2.05) is 6.07 Å². The third-order valence-corrected chi connectivity index (χ3v) is 3.44. The molecule has 1 heterocycles. The van der Waals surface area contributed by atoms with Crippen LogP contribution in [0.4, 0.5) is 10.1 Å². The van der Waals surface area contributed by atoms with Crippen molar-refractivity contribution in [2.75, 3.05) is 25.1 Å². The molecule has 0 spiro atoms. The molecule has 98 valence electrons. The highest BCUT2D eigenvalue weighted by molar-refractivity contribution is 5.69. The number of benzene rings is 1. The lowest BCUT2D eigenvalue weighted by atomic mass is 10.0. The van der Waals surface area contributed by atoms with Crippen molar-refractivity contribution < 1.29 is 13.9 Å². The fraction of sp³-hybridized carbons (Fsp3) is 0.500. The number of rotatable bonds is 4. The summed E-state index contributed by atoms with van der Waals surface area (Å²) in [6.45, 7) is 1.82. The Kier molecular flexibility index (Phi) is 4.18. The average Bonchev–Trinajstić information content (AvgIpc) is 2.84. The van der Waals surface area contributed by atoms with Gasteiger partial charge < -0.3 is 9.64 Å². The molecular formula is C14H18FNO2. The fourth-order valence-corrected chi connectivity index (χ4v) is 2.40. The Morgan fingerprint density at radius 3 is 3.11 bits per heavy atom. The lowest BCUT2D eigenvalue weighted by Gasteiger charge is -2.18. The molecule has 1 fully saturated rings. The van der Waals surface area contributed by atoms with Crippen LogP contribution in [0.5, 0.6) is 0 Å². The summed E-state index contributed by atoms with van der Waals surface area (Å²) < 4.78 is 17.8. The smallest absolute Gasteiger partial charge is 0.305 e. The van der Waals surface area contributed by atoms with Crippen LogP contribution in [-0.2, 0) is 9.53 Å². The minimum Gasteiger partial charge on any atom is -0.469 e. The molecule has 1 aromatic rings. The van der Waals surface area contributed by atoms with E-state index in [1.165, 1.54) is 13.2 Å². The maximum absolute atomic E-state index is 13.1. The summed E-state index contributed by atoms with van der Waals surface area (Å²) in [6, 6.07) is 6.66. The van der Waals surface area contributed by atoms with Gasteiger partial charge in [0.15, 0.2) is 0 Å². The number of carbonyl (C=O) groups is 1. The molecule has 0 aliphatic carbocycles. The van der Waals surface area contributed by atoms with Crippen LogP contribution in [0.2, 0.25) is 0 Å². The van der Waals surface area contributed by atoms with Gasteiger partial charge in [0.25, 0.3) is 0 Å². The molecule has 1 unspecified atom stereocenters. The van der Waals surface area contributed by atoms with E-state index in [0.717, 1.165) is 31.6 Å². The predicted molar refractivity (Wildman–Crippen MR) is 68.0 cm³/mol. The monoisotopic (exact) mass is 251 g/mol. The maximum Gasteiger partial charge on any atom is 0.305 e. The summed E-state index contributed by atoms with van der Waals surface area (Å²) in [7, 11) is 1.41. The Bertz CT molecular complexity index is 422. The van der Waals surface area contributed by atoms with Crippen molar-refractivity contribution in [1.82, 2.24) is 0 Å². The summed E-state index contributed by atoms with van der Waals surface area (Å²) >= 11 is 0. The molecule has 18 heavy (non-hydrogen) atoms. The Balaban J connectivity index is 1.86. The Morgan fingerprint density at radius 2 is 2.39 bits per heavy atom. The van der Waals surface area contributed by atoms with Crippen LogP contribution in [0.25, 0.3) is 0 Å². The number of esters is 1. The zero-order valence-electron chi connectivity index (χ0n) is 10.6. The van der Waals surface area contributed by atoms with Crippen molar-refractivity contribution in [3.63, 3.8) is 0 Å². The number of nitrogens with zero attached hydrogens (tertiary/aromatic N) is 1. The quantitative estimate of drug-likeness (QED) is 0.770. The number of carbonyl (C=O) groups excluding carboxylic acids is 1. The summed E-state index contributed by atoms with van der Waals surface area (Å²) in [6.07, 6.45) is 2.37. The van der Waals surface area contributed by atoms with Gasteiger partial charge in [-0.1, -0.05) is 6.07 Å². The number of hydrogen-bond donors (Lipinski definition) is 0. The lowest BCUT2D eigenvalue weighted by Crippen LogP contribution is -2.19. The number of methoxy groups -OCH3 is 1. The molecule has 0 radical (unpaired) electrons. The molecule has 0 aromatic heterocycles. The average molecular weight is 251 g/mol. The number of halogens is 1. The van der Waals surface area contributed by atoms with Crippen LogP contribution in [-0.4, -0.2) is 26.2 Å². The SMILES string of the molecule is COC(=O)CCC1CCN(c2cccc(F)c2)C1. The van der Waals surface area contributed by atoms with Gasteiger partial charge in [0.05, 0.1) is 7.11 Å². The zero-order chi connectivity index (χ0) is 13.0. The third-order valence-electron chi connectivity index (χ3n) is 3.44. The first-order chi connectivity index (χ1) is 8.69. The van der Waals surface area contributed by atoms with Gasteiger partial charge >= 0.3 is 5.97 Å². The summed E-state index contributed by atoms with van der Waals surface area (Å²) in [5, 5.41) is 0. The highest BCUT2D eigenvalue weighted by Crippen LogP contribution is 2.26. The summed E-state index contributed by atoms with van der Waals surface area (Å²) in [4.78, 5) is 13.3. The first-order valence-corrected chi connectivity index (χ1v) is 6.26. The maximum atomic E-state index is 13.1. The van der Waals surface area contributed by atoms with E-state index >= 15 is 0 Å². The van der Waals surface area contributed by atoms with Crippen LogP contribution >= 0.6 is 0 Å². The topological polar surface area (TPSA) is 29.5 Å². The lowest BCUT2D eigenvalue weighted by molar-refractivity contribution is -0.140. The number of ether oxygens (including phenoxy) is 1. The predicted octanol–water partition coefficient (Wildman–Crippen LogP) is 2.61. The minimum absolute atomic E-state index is 0.154. The highest BCUT2D eigenvalue weighted by atomic mass is 19.1. The van der Waals surface area contributed by atoms with Crippen molar-refractivity contribution in [3.05, 3.63) is 30.1 Å². The van der Waals surface area contributed by atoms with Crippen LogP contribution in [0.15, 0.2) is 24.3 Å². The number of anilines is 1. The molecule has 0 N–H and O–H groups in total. The van der Waals surface area contributed by atoms with E-state index in [1.54, 1.807) is 12.1 Å². The van der Waals surface area contributed by atoms with Crippen LogP contribution in [0.1, 0.15) is 19.3 Å². The van der Waals surface area contributed by atoms with Crippen molar-refractivity contribution in [2.24, 2.45) is 5.92 Å². The van der Waals surface area contributed by atoms with Gasteiger partial charge in [-0.05, 0) is 37.0 Å². The van der Waals surface area contributed by atoms with Gasteiger partial charge in [0.1, 0.15) is 5.82 Å². The van der Waals surface area contributed by atoms with Gasteiger partial charge in [-0.25, -0.2) is 4.39 Å². The van der Waals surface area contributed by atoms with Crippen LogP contribution in [0.3, 0.4) is 0 Å². The largest absolute Gasteiger partial charge is 0.469 e. The van der Waals surface area contributed by atoms with Crippen LogP contribution < -0.4 is 4.90 Å². The first kappa shape index (κ1) is 12.9. The first-order valence-electron chi connectivity index (χ1n) is 6.26. The van der Waals surface area contributed by atoms with E-state index in [2.05, 4.69) is 9.64 Å². The molecule has 2 rings (SSSR count). The molecule has 1 saturated heterocycles. The minimum atomic E-state index is -0.203. The Hall–Kier alpha value is -1.58. The normalized spacial score (nSPS) is 19.0. The van der Waals surface area contributed by atoms with E-state index in [4.69, 9.17) is 0 Å². The second kappa shape index (κ2) is 5.85. The van der Waals surface area contributed by atoms with Gasteiger partial charge in [0, 0.05) is 25.2 Å². The third kappa shape index (κ3) is 3.22. The standard InChI is InChI=1S/C14H18FNO2/c1-18-14(17)6-5-11-7-8-16(10-11)13-4-2-3-12(15)9-13/h2-4,9,11H,5-8,10H2,1H3. The second-order valence-corrected chi connectivity index (χ2v) is 4.70. The number of hydrogen-bond acceptors (Lipinski definition) is 3. The molecule has 1 aliphatic heterocycles. The highest BCUT2D eigenvalue weighted by Gasteiger charge is 2.23. The van der Waals surface area contributed by atoms with Gasteiger partial charge in [-0.2, -0.15) is 0 Å². The van der Waals surface area contributed by atoms with E-state index in [-0.39, 0.29) is 11.8 Å². The summed E-state index contributed by atoms with van der Waals surface area (Å²) in [5.41, 5.74) is 0.926. The van der Waals surface area contributed by atoms with Crippen LogP contribution in [0, 0.1) is 11.7 Å².